The van der Waals surface area contributed by atoms with Gasteiger partial charge in [0.15, 0.2) is 5.75 Å². The molecule has 0 radical (unpaired) electrons. The van der Waals surface area contributed by atoms with Crippen LogP contribution in [0.3, 0.4) is 0 Å². The molecule has 4 aromatic carbocycles. The lowest BCUT2D eigenvalue weighted by Gasteiger charge is -2.20. The molecule has 6 aromatic rings. The fraction of sp³-hybridized carbons (Fsp3) is 0.208. The molecule has 18 heteroatoms. The minimum Gasteiger partial charge on any atom is -0.387 e. The number of pyridine rings is 2. The molecule has 340 valence electrons. The third-order valence-electron chi connectivity index (χ3n) is 9.92. The summed E-state index contributed by atoms with van der Waals surface area (Å²) in [5.41, 5.74) is 4.40. The number of carbonyl (C=O) groups excluding carboxylic acids is 1. The normalized spacial score (nSPS) is 11.8. The number of primary sulfonamides is 1. The zero-order valence-electron chi connectivity index (χ0n) is 36.7. The van der Waals surface area contributed by atoms with Gasteiger partial charge in [-0.15, -0.1) is 15.2 Å². The molecule has 2 heterocycles. The van der Waals surface area contributed by atoms with E-state index in [0.29, 0.717) is 44.7 Å². The van der Waals surface area contributed by atoms with Crippen LogP contribution >= 0.6 is 0 Å². The van der Waals surface area contributed by atoms with Crippen molar-refractivity contribution in [2.24, 2.45) is 5.14 Å². The third kappa shape index (κ3) is 13.7. The van der Waals surface area contributed by atoms with Crippen LogP contribution in [0.5, 0.6) is 5.75 Å². The van der Waals surface area contributed by atoms with Gasteiger partial charge in [-0.1, -0.05) is 102 Å². The number of sulfonamides is 2. The molecule has 0 bridgehead atoms. The maximum Gasteiger partial charge on any atom is 0.332 e. The van der Waals surface area contributed by atoms with Crippen LogP contribution in [0.1, 0.15) is 86.1 Å². The smallest absolute Gasteiger partial charge is 0.332 e. The van der Waals surface area contributed by atoms with Gasteiger partial charge in [0, 0.05) is 16.7 Å². The van der Waals surface area contributed by atoms with Gasteiger partial charge in [0.1, 0.15) is 29.3 Å². The summed E-state index contributed by atoms with van der Waals surface area (Å²) in [7, 11) is -7.50. The number of hydrogen-bond donors (Lipinski definition) is 3. The van der Waals surface area contributed by atoms with Gasteiger partial charge in [0.2, 0.25) is 20.0 Å². The average molecular weight is 933 g/mol. The number of nitrogens with zero attached hydrogens (tertiary/aromatic N) is 5. The minimum absolute atomic E-state index is 0.00929. The number of halogens is 2. The van der Waals surface area contributed by atoms with Crippen LogP contribution in [0.4, 0.5) is 30.9 Å². The molecule has 2 atom stereocenters. The topological polar surface area (TPSA) is 203 Å². The SMILES string of the molecule is CC(c1ccccc1)S(N)(=O)=O.[C-]#[N+]c1cc(-c2cc(F)cc(C(C)C)c2NC(=O)NS(=O)(=O)C(C)c2ccccc2)ccn1.[C-]#[N+]c1cc(-c2cc(F)cc(C(C)C)c2OC#N)ccn1. The molecule has 0 saturated carbocycles. The van der Waals surface area contributed by atoms with E-state index >= 15 is 0 Å². The maximum atomic E-state index is 14.4. The lowest BCUT2D eigenvalue weighted by atomic mass is 9.94. The number of hydrogen-bond acceptors (Lipinski definition) is 9. The Balaban J connectivity index is 0.000000244. The van der Waals surface area contributed by atoms with Crippen LogP contribution in [0.25, 0.3) is 31.9 Å². The van der Waals surface area contributed by atoms with Crippen LogP contribution in [0.15, 0.2) is 122 Å². The number of aromatic nitrogens is 2. The standard InChI is InChI=1S/C24H23FN4O3S.C16H12FN3O.C8H11NO2S/c1-15(2)20-13-19(25)14-21(18-10-11-27-22(12-18)26-4)23(20)28-24(30)29-33(31,32)16(3)17-8-6-5-7-9-17;1-10(2)13-7-12(17)8-14(16(13)21-9-18)11-4-5-20-15(6-11)19-3;1-7(12(9,10)11)8-5-3-2-4-6-8/h5-16H,1-3H3,(H2,28,29,30);4-8,10H,1-2H3;2-7H,1H3,(H2,9,10,11). The van der Waals surface area contributed by atoms with Crippen LogP contribution < -0.4 is 19.9 Å². The Labute approximate surface area is 383 Å². The molecule has 0 fully saturated rings. The highest BCUT2D eigenvalue weighted by atomic mass is 32.2. The molecule has 2 aromatic heterocycles. The highest BCUT2D eigenvalue weighted by molar-refractivity contribution is 7.90. The van der Waals surface area contributed by atoms with Crippen LogP contribution in [0.2, 0.25) is 0 Å². The Hall–Kier alpha value is -7.56. The second-order valence-corrected chi connectivity index (χ2v) is 19.0. The van der Waals surface area contributed by atoms with Crippen molar-refractivity contribution in [2.75, 3.05) is 5.32 Å². The predicted molar refractivity (Wildman–Crippen MR) is 250 cm³/mol. The quantitative estimate of drug-likeness (QED) is 0.0834. The van der Waals surface area contributed by atoms with Crippen molar-refractivity contribution in [1.82, 2.24) is 14.7 Å². The summed E-state index contributed by atoms with van der Waals surface area (Å²) in [6.07, 6.45) is 4.53. The molecule has 0 saturated heterocycles. The Kier molecular flexibility index (Phi) is 17.7. The van der Waals surface area contributed by atoms with Crippen LogP contribution in [-0.4, -0.2) is 32.8 Å². The molecule has 0 aliphatic carbocycles. The fourth-order valence-corrected chi connectivity index (χ4v) is 7.87. The molecule has 0 aliphatic rings. The van der Waals surface area contributed by atoms with Crippen molar-refractivity contribution in [3.63, 3.8) is 0 Å². The predicted octanol–water partition coefficient (Wildman–Crippen LogP) is 11.2. The highest BCUT2D eigenvalue weighted by Gasteiger charge is 2.26. The van der Waals surface area contributed by atoms with E-state index in [0.717, 1.165) is 5.56 Å². The van der Waals surface area contributed by atoms with Crippen molar-refractivity contribution < 1.29 is 35.1 Å². The van der Waals surface area contributed by atoms with Crippen molar-refractivity contribution >= 4 is 43.4 Å². The zero-order chi connectivity index (χ0) is 48.8. The number of rotatable bonds is 11. The lowest BCUT2D eigenvalue weighted by Crippen LogP contribution is -2.37. The first-order chi connectivity index (χ1) is 31.2. The first-order valence-electron chi connectivity index (χ1n) is 20.0. The van der Waals surface area contributed by atoms with Crippen LogP contribution in [0, 0.1) is 36.3 Å². The first kappa shape index (κ1) is 51.1. The molecule has 0 aliphatic heterocycles. The molecule has 2 amide bonds. The molecular formula is C48H46F2N8O6S2. The Morgan fingerprint density at radius 2 is 1.15 bits per heavy atom. The molecule has 0 spiro atoms. The summed E-state index contributed by atoms with van der Waals surface area (Å²) in [6, 6.07) is 27.9. The van der Waals surface area contributed by atoms with E-state index in [1.165, 1.54) is 55.7 Å². The molecule has 2 unspecified atom stereocenters. The summed E-state index contributed by atoms with van der Waals surface area (Å²) >= 11 is 0. The molecule has 6 rings (SSSR count). The monoisotopic (exact) mass is 932 g/mol. The van der Waals surface area contributed by atoms with Gasteiger partial charge in [0.05, 0.1) is 10.9 Å². The zero-order valence-corrected chi connectivity index (χ0v) is 38.3. The number of ether oxygens (including phenoxy) is 1. The van der Waals surface area contributed by atoms with Crippen molar-refractivity contribution in [1.29, 1.82) is 5.26 Å². The second kappa shape index (κ2) is 22.9. The van der Waals surface area contributed by atoms with Gasteiger partial charge in [-0.25, -0.2) is 40.3 Å². The van der Waals surface area contributed by atoms with Crippen molar-refractivity contribution in [3.8, 4) is 34.3 Å². The van der Waals surface area contributed by atoms with E-state index in [1.54, 1.807) is 79.9 Å². The fourth-order valence-electron chi connectivity index (χ4n) is 6.34. The first-order valence-corrected chi connectivity index (χ1v) is 23.2. The third-order valence-corrected chi connectivity index (χ3v) is 12.9. The van der Waals surface area contributed by atoms with Gasteiger partial charge in [-0.2, -0.15) is 0 Å². The Morgan fingerprint density at radius 3 is 1.61 bits per heavy atom. The van der Waals surface area contributed by atoms with Crippen LogP contribution in [-0.2, 0) is 20.0 Å². The van der Waals surface area contributed by atoms with Gasteiger partial charge in [0.25, 0.3) is 17.9 Å². The van der Waals surface area contributed by atoms with E-state index in [4.69, 9.17) is 28.3 Å². The van der Waals surface area contributed by atoms with E-state index in [2.05, 4.69) is 29.7 Å². The van der Waals surface area contributed by atoms with Gasteiger partial charge in [-0.05, 0) is 102 Å². The number of nitriles is 1. The molecule has 66 heavy (non-hydrogen) atoms. The number of nitrogens with one attached hydrogen (secondary N) is 2. The summed E-state index contributed by atoms with van der Waals surface area (Å²) in [5.74, 6) is -0.507. The number of amides is 2. The number of anilines is 1. The summed E-state index contributed by atoms with van der Waals surface area (Å²) in [4.78, 5) is 27.1. The number of benzene rings is 4. The van der Waals surface area contributed by atoms with Gasteiger partial charge >= 0.3 is 6.03 Å². The minimum atomic E-state index is -4.05. The number of urea groups is 1. The molecule has 14 nitrogen and oxygen atoms in total. The number of carbonyl (C=O) groups is 1. The van der Waals surface area contributed by atoms with Gasteiger partial charge < -0.3 is 19.7 Å². The molecule has 4 N–H and O–H groups in total. The molecular weight excluding hydrogens is 887 g/mol. The van der Waals surface area contributed by atoms with E-state index in [9.17, 15) is 30.4 Å². The second-order valence-electron chi connectivity index (χ2n) is 15.1. The van der Waals surface area contributed by atoms with E-state index in [1.807, 2.05) is 33.8 Å². The Bertz CT molecular complexity index is 3030. The van der Waals surface area contributed by atoms with E-state index < -0.39 is 48.2 Å². The van der Waals surface area contributed by atoms with Gasteiger partial charge in [-0.3, -0.25) is 0 Å². The number of nitrogens with two attached hydrogens (primary N) is 1. The largest absolute Gasteiger partial charge is 0.387 e. The van der Waals surface area contributed by atoms with E-state index in [-0.39, 0.29) is 29.2 Å². The van der Waals surface area contributed by atoms with Crippen molar-refractivity contribution in [3.05, 3.63) is 178 Å². The van der Waals surface area contributed by atoms with Crippen molar-refractivity contribution in [2.45, 2.75) is 63.9 Å². The summed E-state index contributed by atoms with van der Waals surface area (Å²) in [5, 5.41) is 14.8. The summed E-state index contributed by atoms with van der Waals surface area (Å²) in [6.45, 7) is 24.7. The maximum absolute atomic E-state index is 14.4. The summed E-state index contributed by atoms with van der Waals surface area (Å²) < 4.78 is 82.8. The lowest BCUT2D eigenvalue weighted by molar-refractivity contribution is 0.256. The Morgan fingerprint density at radius 1 is 0.697 bits per heavy atom. The average Bonchev–Trinajstić information content (AvgIpc) is 3.29. The highest BCUT2D eigenvalue weighted by Crippen LogP contribution is 2.39.